The van der Waals surface area contributed by atoms with Crippen LogP contribution in [-0.2, 0) is 13.7 Å². The summed E-state index contributed by atoms with van der Waals surface area (Å²) in [6, 6.07) is 13.9. The number of ether oxygens (including phenoxy) is 1. The van der Waals surface area contributed by atoms with Gasteiger partial charge in [-0.25, -0.2) is 4.68 Å². The Morgan fingerprint density at radius 3 is 2.70 bits per heavy atom. The molecule has 1 aliphatic rings. The number of carbonyl (C=O) groups excluding carboxylic acids is 1. The van der Waals surface area contributed by atoms with Gasteiger partial charge in [0.25, 0.3) is 5.91 Å². The molecule has 1 N–H and O–H groups in total. The number of nitrogens with zero attached hydrogens (tertiary/aromatic N) is 3. The van der Waals surface area contributed by atoms with Gasteiger partial charge in [0.1, 0.15) is 6.61 Å². The number of benzene rings is 1. The Hall–Kier alpha value is -2.89. The lowest BCUT2D eigenvalue weighted by molar-refractivity contribution is 0.0923. The van der Waals surface area contributed by atoms with Crippen molar-refractivity contribution in [2.75, 3.05) is 0 Å². The molecule has 4 rings (SSSR count). The van der Waals surface area contributed by atoms with Crippen molar-refractivity contribution in [3.63, 3.8) is 0 Å². The number of fused-ring (bicyclic) bond motifs is 1. The minimum absolute atomic E-state index is 0.118. The van der Waals surface area contributed by atoms with Crippen molar-refractivity contribution in [1.29, 1.82) is 0 Å². The van der Waals surface area contributed by atoms with Crippen LogP contribution in [0.5, 0.6) is 5.88 Å². The highest BCUT2D eigenvalue weighted by Gasteiger charge is 2.21. The highest BCUT2D eigenvalue weighted by Crippen LogP contribution is 2.22. The van der Waals surface area contributed by atoms with Crippen LogP contribution in [0.1, 0.15) is 48.2 Å². The van der Waals surface area contributed by atoms with E-state index in [9.17, 15) is 4.79 Å². The Bertz CT molecular complexity index is 930. The number of carbonyl (C=O) groups is 1. The SMILES string of the molecule is Cn1nc(C(=O)NC2CCCCC2)c2ccc(OCc3ccccc3)nc21. The van der Waals surface area contributed by atoms with Gasteiger partial charge in [0, 0.05) is 19.2 Å². The molecule has 0 unspecified atom stereocenters. The smallest absolute Gasteiger partial charge is 0.272 e. The molecule has 2 aromatic heterocycles. The van der Waals surface area contributed by atoms with E-state index in [2.05, 4.69) is 15.4 Å². The van der Waals surface area contributed by atoms with E-state index in [1.165, 1.54) is 19.3 Å². The van der Waals surface area contributed by atoms with Crippen LogP contribution in [0, 0.1) is 0 Å². The number of pyridine rings is 1. The summed E-state index contributed by atoms with van der Waals surface area (Å²) in [4.78, 5) is 17.2. The van der Waals surface area contributed by atoms with E-state index in [-0.39, 0.29) is 11.9 Å². The van der Waals surface area contributed by atoms with Gasteiger partial charge in [-0.15, -0.1) is 0 Å². The van der Waals surface area contributed by atoms with E-state index in [1.807, 2.05) is 36.4 Å². The number of rotatable bonds is 5. The van der Waals surface area contributed by atoms with E-state index in [0.29, 0.717) is 23.8 Å². The monoisotopic (exact) mass is 364 g/mol. The molecule has 27 heavy (non-hydrogen) atoms. The molecule has 3 aromatic rings. The maximum atomic E-state index is 12.7. The minimum Gasteiger partial charge on any atom is -0.473 e. The molecular formula is C21H24N4O2. The van der Waals surface area contributed by atoms with Crippen LogP contribution in [0.2, 0.25) is 0 Å². The number of aromatic nitrogens is 3. The van der Waals surface area contributed by atoms with Crippen molar-refractivity contribution in [2.45, 2.75) is 44.8 Å². The van der Waals surface area contributed by atoms with E-state index < -0.39 is 0 Å². The van der Waals surface area contributed by atoms with E-state index in [1.54, 1.807) is 17.8 Å². The Morgan fingerprint density at radius 1 is 1.15 bits per heavy atom. The van der Waals surface area contributed by atoms with Gasteiger partial charge < -0.3 is 10.1 Å². The molecule has 2 heterocycles. The third-order valence-corrected chi connectivity index (χ3v) is 5.05. The molecule has 1 aromatic carbocycles. The molecule has 1 aliphatic carbocycles. The summed E-state index contributed by atoms with van der Waals surface area (Å²) in [5.41, 5.74) is 2.16. The second-order valence-corrected chi connectivity index (χ2v) is 7.08. The van der Waals surface area contributed by atoms with Crippen molar-refractivity contribution < 1.29 is 9.53 Å². The molecule has 6 nitrogen and oxygen atoms in total. The molecule has 0 bridgehead atoms. The van der Waals surface area contributed by atoms with Gasteiger partial charge in [0.2, 0.25) is 5.88 Å². The first-order valence-electron chi connectivity index (χ1n) is 9.52. The van der Waals surface area contributed by atoms with Crippen LogP contribution in [0.4, 0.5) is 0 Å². The van der Waals surface area contributed by atoms with Crippen LogP contribution >= 0.6 is 0 Å². The molecule has 0 atom stereocenters. The lowest BCUT2D eigenvalue weighted by atomic mass is 9.95. The minimum atomic E-state index is -0.118. The number of nitrogens with one attached hydrogen (secondary N) is 1. The quantitative estimate of drug-likeness (QED) is 0.751. The summed E-state index contributed by atoms with van der Waals surface area (Å²) in [5, 5.41) is 8.28. The Morgan fingerprint density at radius 2 is 1.93 bits per heavy atom. The van der Waals surface area contributed by atoms with E-state index in [4.69, 9.17) is 4.74 Å². The summed E-state index contributed by atoms with van der Waals surface area (Å²) in [5.74, 6) is 0.404. The summed E-state index contributed by atoms with van der Waals surface area (Å²) >= 11 is 0. The van der Waals surface area contributed by atoms with Crippen molar-refractivity contribution in [2.24, 2.45) is 7.05 Å². The van der Waals surface area contributed by atoms with E-state index >= 15 is 0 Å². The van der Waals surface area contributed by atoms with Crippen LogP contribution in [0.3, 0.4) is 0 Å². The lowest BCUT2D eigenvalue weighted by Gasteiger charge is -2.22. The predicted octanol–water partition coefficient (Wildman–Crippen LogP) is 3.61. The molecule has 0 spiro atoms. The van der Waals surface area contributed by atoms with Crippen LogP contribution in [-0.4, -0.2) is 26.7 Å². The van der Waals surface area contributed by atoms with Crippen molar-refractivity contribution in [3.8, 4) is 5.88 Å². The highest BCUT2D eigenvalue weighted by molar-refractivity contribution is 6.04. The fourth-order valence-electron chi connectivity index (χ4n) is 3.59. The van der Waals surface area contributed by atoms with Crippen molar-refractivity contribution in [1.82, 2.24) is 20.1 Å². The number of hydrogen-bond donors (Lipinski definition) is 1. The average Bonchev–Trinajstić information content (AvgIpc) is 3.04. The first-order valence-corrected chi connectivity index (χ1v) is 9.52. The molecule has 1 fully saturated rings. The normalized spacial score (nSPS) is 15.0. The summed E-state index contributed by atoms with van der Waals surface area (Å²) < 4.78 is 7.43. The zero-order valence-electron chi connectivity index (χ0n) is 15.5. The van der Waals surface area contributed by atoms with Gasteiger partial charge in [0.15, 0.2) is 11.3 Å². The maximum Gasteiger partial charge on any atom is 0.272 e. The number of aryl methyl sites for hydroxylation is 1. The average molecular weight is 364 g/mol. The van der Waals surface area contributed by atoms with Gasteiger partial charge in [-0.05, 0) is 24.5 Å². The zero-order chi connectivity index (χ0) is 18.6. The molecule has 6 heteroatoms. The van der Waals surface area contributed by atoms with Gasteiger partial charge in [0.05, 0.1) is 5.39 Å². The Kier molecular flexibility index (Phi) is 5.05. The zero-order valence-corrected chi connectivity index (χ0v) is 15.5. The van der Waals surface area contributed by atoms with Gasteiger partial charge in [-0.2, -0.15) is 10.1 Å². The third-order valence-electron chi connectivity index (χ3n) is 5.05. The molecule has 1 amide bonds. The van der Waals surface area contributed by atoms with Crippen LogP contribution in [0.25, 0.3) is 11.0 Å². The van der Waals surface area contributed by atoms with Crippen molar-refractivity contribution >= 4 is 16.9 Å². The van der Waals surface area contributed by atoms with Gasteiger partial charge in [-0.1, -0.05) is 49.6 Å². The molecule has 0 aliphatic heterocycles. The fourth-order valence-corrected chi connectivity index (χ4v) is 3.59. The second kappa shape index (κ2) is 7.78. The fraction of sp³-hybridized carbons (Fsp3) is 0.381. The topological polar surface area (TPSA) is 69.0 Å². The molecular weight excluding hydrogens is 340 g/mol. The largest absolute Gasteiger partial charge is 0.473 e. The first-order chi connectivity index (χ1) is 13.2. The Labute approximate surface area is 158 Å². The second-order valence-electron chi connectivity index (χ2n) is 7.08. The lowest BCUT2D eigenvalue weighted by Crippen LogP contribution is -2.36. The van der Waals surface area contributed by atoms with Crippen LogP contribution in [0.15, 0.2) is 42.5 Å². The summed E-state index contributed by atoms with van der Waals surface area (Å²) in [7, 11) is 1.80. The van der Waals surface area contributed by atoms with Gasteiger partial charge in [-0.3, -0.25) is 4.79 Å². The molecule has 0 radical (unpaired) electrons. The van der Waals surface area contributed by atoms with Crippen LogP contribution < -0.4 is 10.1 Å². The molecule has 0 saturated heterocycles. The highest BCUT2D eigenvalue weighted by atomic mass is 16.5. The number of amides is 1. The third kappa shape index (κ3) is 3.94. The summed E-state index contributed by atoms with van der Waals surface area (Å²) in [6.45, 7) is 0.451. The maximum absolute atomic E-state index is 12.7. The Balaban J connectivity index is 1.51. The first kappa shape index (κ1) is 17.5. The predicted molar refractivity (Wildman–Crippen MR) is 104 cm³/mol. The van der Waals surface area contributed by atoms with E-state index in [0.717, 1.165) is 23.8 Å². The molecule has 140 valence electrons. The molecule has 1 saturated carbocycles. The van der Waals surface area contributed by atoms with Gasteiger partial charge >= 0.3 is 0 Å². The summed E-state index contributed by atoms with van der Waals surface area (Å²) in [6.07, 6.45) is 5.71. The van der Waals surface area contributed by atoms with Crippen molar-refractivity contribution in [3.05, 3.63) is 53.7 Å². The number of hydrogen-bond acceptors (Lipinski definition) is 4. The standard InChI is InChI=1S/C21H24N4O2/c1-25-20-17(19(24-25)21(26)22-16-10-6-3-7-11-16)12-13-18(23-20)27-14-15-8-4-2-5-9-15/h2,4-5,8-9,12-13,16H,3,6-7,10-11,14H2,1H3,(H,22,26).